The van der Waals surface area contributed by atoms with Crippen LogP contribution in [0, 0.1) is 5.82 Å². The lowest BCUT2D eigenvalue weighted by Crippen LogP contribution is -2.43. The number of carbonyl (C=O) groups excluding carboxylic acids is 2. The number of carbonyl (C=O) groups is 2. The average molecular weight is 342 g/mol. The molecule has 0 aliphatic rings. The number of nitrogens with one attached hydrogen (secondary N) is 1. The summed E-state index contributed by atoms with van der Waals surface area (Å²) in [6, 6.07) is 14.5. The molecule has 2 aromatic rings. The van der Waals surface area contributed by atoms with E-state index in [1.54, 1.807) is 24.0 Å². The molecule has 1 unspecified atom stereocenters. The van der Waals surface area contributed by atoms with Gasteiger partial charge in [0.2, 0.25) is 11.8 Å². The molecule has 4 nitrogen and oxygen atoms in total. The van der Waals surface area contributed by atoms with Gasteiger partial charge in [-0.25, -0.2) is 4.39 Å². The Morgan fingerprint density at radius 2 is 1.68 bits per heavy atom. The van der Waals surface area contributed by atoms with Crippen molar-refractivity contribution in [1.29, 1.82) is 0 Å². The van der Waals surface area contributed by atoms with Crippen LogP contribution in [0.1, 0.15) is 37.4 Å². The van der Waals surface area contributed by atoms with Crippen molar-refractivity contribution in [3.05, 3.63) is 71.5 Å². The molecule has 0 fully saturated rings. The number of benzene rings is 2. The molecule has 25 heavy (non-hydrogen) atoms. The zero-order chi connectivity index (χ0) is 18.2. The van der Waals surface area contributed by atoms with Gasteiger partial charge in [0.25, 0.3) is 0 Å². The largest absolute Gasteiger partial charge is 0.354 e. The Morgan fingerprint density at radius 1 is 1.04 bits per heavy atom. The monoisotopic (exact) mass is 342 g/mol. The lowest BCUT2D eigenvalue weighted by Gasteiger charge is -2.31. The molecule has 0 radical (unpaired) electrons. The third kappa shape index (κ3) is 4.89. The van der Waals surface area contributed by atoms with Crippen molar-refractivity contribution >= 4 is 11.8 Å². The first kappa shape index (κ1) is 18.6. The first-order valence-electron chi connectivity index (χ1n) is 8.43. The number of halogens is 1. The summed E-state index contributed by atoms with van der Waals surface area (Å²) in [5, 5.41) is 2.81. The standard InChI is InChI=1S/C20H23FN2O2/c1-3-18(24)23(14-15-10-12-17(21)13-11-15)19(20(25)22-4-2)16-8-6-5-7-9-16/h5-13,19H,3-4,14H2,1-2H3,(H,22,25). The molecule has 0 saturated carbocycles. The highest BCUT2D eigenvalue weighted by Gasteiger charge is 2.30. The summed E-state index contributed by atoms with van der Waals surface area (Å²) in [6.07, 6.45) is 0.282. The summed E-state index contributed by atoms with van der Waals surface area (Å²) in [5.74, 6) is -0.692. The van der Waals surface area contributed by atoms with Gasteiger partial charge in [0.05, 0.1) is 0 Å². The van der Waals surface area contributed by atoms with Gasteiger partial charge in [0, 0.05) is 19.5 Å². The van der Waals surface area contributed by atoms with Crippen molar-refractivity contribution in [3.63, 3.8) is 0 Å². The maximum absolute atomic E-state index is 13.2. The van der Waals surface area contributed by atoms with Crippen molar-refractivity contribution in [2.75, 3.05) is 6.54 Å². The molecule has 0 saturated heterocycles. The van der Waals surface area contributed by atoms with Gasteiger partial charge in [-0.1, -0.05) is 49.4 Å². The minimum absolute atomic E-state index is 0.135. The average Bonchev–Trinajstić information content (AvgIpc) is 2.63. The Kier molecular flexibility index (Phi) is 6.69. The predicted octanol–water partition coefficient (Wildman–Crippen LogP) is 3.44. The summed E-state index contributed by atoms with van der Waals surface area (Å²) < 4.78 is 13.2. The molecule has 0 aliphatic carbocycles. The van der Waals surface area contributed by atoms with Crippen LogP contribution in [0.15, 0.2) is 54.6 Å². The quantitative estimate of drug-likeness (QED) is 0.838. The van der Waals surface area contributed by atoms with E-state index in [-0.39, 0.29) is 30.6 Å². The minimum atomic E-state index is -0.723. The lowest BCUT2D eigenvalue weighted by molar-refractivity contribution is -0.141. The maximum atomic E-state index is 13.2. The Bertz CT molecular complexity index is 701. The van der Waals surface area contributed by atoms with Crippen LogP contribution < -0.4 is 5.32 Å². The van der Waals surface area contributed by atoms with Crippen LogP contribution in [0.5, 0.6) is 0 Å². The Hall–Kier alpha value is -2.69. The number of hydrogen-bond donors (Lipinski definition) is 1. The number of hydrogen-bond acceptors (Lipinski definition) is 2. The first-order chi connectivity index (χ1) is 12.1. The summed E-state index contributed by atoms with van der Waals surface area (Å²) in [6.45, 7) is 4.32. The molecule has 2 rings (SSSR count). The fraction of sp³-hybridized carbons (Fsp3) is 0.300. The van der Waals surface area contributed by atoms with Crippen molar-refractivity contribution in [2.24, 2.45) is 0 Å². The molecule has 0 bridgehead atoms. The van der Waals surface area contributed by atoms with E-state index in [1.165, 1.54) is 12.1 Å². The number of nitrogens with zero attached hydrogens (tertiary/aromatic N) is 1. The van der Waals surface area contributed by atoms with Crippen LogP contribution in [-0.2, 0) is 16.1 Å². The highest BCUT2D eigenvalue weighted by atomic mass is 19.1. The lowest BCUT2D eigenvalue weighted by atomic mass is 10.0. The number of rotatable bonds is 7. The van der Waals surface area contributed by atoms with Crippen LogP contribution in [0.3, 0.4) is 0 Å². The smallest absolute Gasteiger partial charge is 0.247 e. The Morgan fingerprint density at radius 3 is 2.24 bits per heavy atom. The van der Waals surface area contributed by atoms with Crippen LogP contribution in [0.2, 0.25) is 0 Å². The number of likely N-dealkylation sites (N-methyl/N-ethyl adjacent to an activating group) is 1. The zero-order valence-electron chi connectivity index (χ0n) is 14.5. The van der Waals surface area contributed by atoms with E-state index in [4.69, 9.17) is 0 Å². The van der Waals surface area contributed by atoms with Crippen LogP contribution in [-0.4, -0.2) is 23.3 Å². The second kappa shape index (κ2) is 8.97. The van der Waals surface area contributed by atoms with E-state index < -0.39 is 6.04 Å². The Labute approximate surface area is 147 Å². The molecule has 1 atom stereocenters. The zero-order valence-corrected chi connectivity index (χ0v) is 14.5. The van der Waals surface area contributed by atoms with E-state index in [1.807, 2.05) is 37.3 Å². The summed E-state index contributed by atoms with van der Waals surface area (Å²) >= 11 is 0. The van der Waals surface area contributed by atoms with Crippen molar-refractivity contribution in [3.8, 4) is 0 Å². The highest BCUT2D eigenvalue weighted by molar-refractivity contribution is 5.88. The van der Waals surface area contributed by atoms with Gasteiger partial charge in [0.15, 0.2) is 0 Å². The van der Waals surface area contributed by atoms with Gasteiger partial charge in [-0.05, 0) is 30.2 Å². The molecule has 0 spiro atoms. The molecular formula is C20H23FN2O2. The van der Waals surface area contributed by atoms with E-state index in [0.717, 1.165) is 11.1 Å². The fourth-order valence-corrected chi connectivity index (χ4v) is 2.69. The molecule has 0 aromatic heterocycles. The normalized spacial score (nSPS) is 11.6. The summed E-state index contributed by atoms with van der Waals surface area (Å²) in [5.41, 5.74) is 1.52. The van der Waals surface area contributed by atoms with Crippen molar-refractivity contribution < 1.29 is 14.0 Å². The maximum Gasteiger partial charge on any atom is 0.247 e. The van der Waals surface area contributed by atoms with Gasteiger partial charge in [-0.2, -0.15) is 0 Å². The van der Waals surface area contributed by atoms with Gasteiger partial charge >= 0.3 is 0 Å². The van der Waals surface area contributed by atoms with Gasteiger partial charge in [0.1, 0.15) is 11.9 Å². The third-order valence-corrected chi connectivity index (χ3v) is 3.92. The SMILES string of the molecule is CCNC(=O)C(c1ccccc1)N(Cc1ccc(F)cc1)C(=O)CC. The van der Waals surface area contributed by atoms with E-state index in [2.05, 4.69) is 5.32 Å². The molecule has 132 valence electrons. The van der Waals surface area contributed by atoms with Gasteiger partial charge in [-0.15, -0.1) is 0 Å². The third-order valence-electron chi connectivity index (χ3n) is 3.92. The first-order valence-corrected chi connectivity index (χ1v) is 8.43. The molecule has 2 aromatic carbocycles. The summed E-state index contributed by atoms with van der Waals surface area (Å²) in [7, 11) is 0. The predicted molar refractivity (Wildman–Crippen MR) is 95.1 cm³/mol. The summed E-state index contributed by atoms with van der Waals surface area (Å²) in [4.78, 5) is 26.8. The van der Waals surface area contributed by atoms with E-state index >= 15 is 0 Å². The molecular weight excluding hydrogens is 319 g/mol. The second-order valence-electron chi connectivity index (χ2n) is 5.71. The van der Waals surface area contributed by atoms with Crippen LogP contribution in [0.25, 0.3) is 0 Å². The number of amides is 2. The molecule has 0 heterocycles. The molecule has 0 aliphatic heterocycles. The van der Waals surface area contributed by atoms with E-state index in [0.29, 0.717) is 6.54 Å². The van der Waals surface area contributed by atoms with Crippen LogP contribution in [0.4, 0.5) is 4.39 Å². The van der Waals surface area contributed by atoms with Crippen LogP contribution >= 0.6 is 0 Å². The highest BCUT2D eigenvalue weighted by Crippen LogP contribution is 2.24. The Balaban J connectivity index is 2.40. The van der Waals surface area contributed by atoms with E-state index in [9.17, 15) is 14.0 Å². The molecule has 2 amide bonds. The molecule has 1 N–H and O–H groups in total. The topological polar surface area (TPSA) is 49.4 Å². The van der Waals surface area contributed by atoms with Gasteiger partial charge in [-0.3, -0.25) is 9.59 Å². The molecule has 5 heteroatoms. The minimum Gasteiger partial charge on any atom is -0.354 e. The van der Waals surface area contributed by atoms with Crippen molar-refractivity contribution in [1.82, 2.24) is 10.2 Å². The van der Waals surface area contributed by atoms with Crippen molar-refractivity contribution in [2.45, 2.75) is 32.9 Å². The van der Waals surface area contributed by atoms with Gasteiger partial charge < -0.3 is 10.2 Å². The fourth-order valence-electron chi connectivity index (χ4n) is 2.69. The second-order valence-corrected chi connectivity index (χ2v) is 5.71.